The molecule has 2 rings (SSSR count). The molecule has 1 atom stereocenters. The minimum absolute atomic E-state index is 0.303. The molecule has 1 saturated heterocycles. The van der Waals surface area contributed by atoms with Gasteiger partial charge in [-0.3, -0.25) is 4.79 Å². The molecule has 1 aromatic rings. The topological polar surface area (TPSA) is 56.8 Å². The normalized spacial score (nSPS) is 19.3. The number of carbonyl (C=O) groups is 1. The van der Waals surface area contributed by atoms with Crippen LogP contribution in [0.5, 0.6) is 5.75 Å². The number of hydroxylamine groups is 1. The molecule has 0 bridgehead atoms. The minimum Gasteiger partial charge on any atom is -0.497 e. The smallest absolute Gasteiger partial charge is 0.275 e. The van der Waals surface area contributed by atoms with Crippen LogP contribution >= 0.6 is 0 Å². The molecule has 5 heteroatoms. The molecule has 0 spiro atoms. The molecule has 1 aromatic carbocycles. The van der Waals surface area contributed by atoms with Gasteiger partial charge in [-0.1, -0.05) is 6.07 Å². The van der Waals surface area contributed by atoms with Gasteiger partial charge >= 0.3 is 0 Å². The van der Waals surface area contributed by atoms with Gasteiger partial charge in [0.15, 0.2) is 6.29 Å². The Morgan fingerprint density at radius 2 is 2.33 bits per heavy atom. The highest BCUT2D eigenvalue weighted by Gasteiger charge is 2.16. The number of benzene rings is 1. The van der Waals surface area contributed by atoms with E-state index >= 15 is 0 Å². The second-order valence-electron chi connectivity index (χ2n) is 4.08. The van der Waals surface area contributed by atoms with Gasteiger partial charge in [-0.05, 0) is 31.0 Å². The fraction of sp³-hybridized carbons (Fsp3) is 0.462. The second-order valence-corrected chi connectivity index (χ2v) is 4.08. The van der Waals surface area contributed by atoms with Crippen LogP contribution in [0.4, 0.5) is 0 Å². The molecule has 98 valence electrons. The Kier molecular flexibility index (Phi) is 4.55. The third kappa shape index (κ3) is 3.45. The highest BCUT2D eigenvalue weighted by molar-refractivity contribution is 5.93. The molecule has 0 radical (unpaired) electrons. The van der Waals surface area contributed by atoms with E-state index in [-0.39, 0.29) is 12.2 Å². The average Bonchev–Trinajstić information content (AvgIpc) is 2.46. The molecule has 1 fully saturated rings. The van der Waals surface area contributed by atoms with Crippen LogP contribution < -0.4 is 10.2 Å². The van der Waals surface area contributed by atoms with Gasteiger partial charge in [0, 0.05) is 18.6 Å². The fourth-order valence-electron chi connectivity index (χ4n) is 1.75. The predicted octanol–water partition coefficient (Wildman–Crippen LogP) is 1.88. The number of rotatable bonds is 4. The number of nitrogens with one attached hydrogen (secondary N) is 1. The van der Waals surface area contributed by atoms with Crippen molar-refractivity contribution in [3.8, 4) is 5.75 Å². The van der Waals surface area contributed by atoms with Crippen LogP contribution in [-0.4, -0.2) is 25.9 Å². The fourth-order valence-corrected chi connectivity index (χ4v) is 1.75. The van der Waals surface area contributed by atoms with Crippen LogP contribution in [0.2, 0.25) is 0 Å². The van der Waals surface area contributed by atoms with Crippen molar-refractivity contribution in [1.82, 2.24) is 5.48 Å². The van der Waals surface area contributed by atoms with Crippen molar-refractivity contribution in [2.45, 2.75) is 25.6 Å². The van der Waals surface area contributed by atoms with Crippen molar-refractivity contribution in [1.29, 1.82) is 0 Å². The van der Waals surface area contributed by atoms with Gasteiger partial charge in [0.25, 0.3) is 5.91 Å². The molecule has 1 N–H and O–H groups in total. The highest BCUT2D eigenvalue weighted by Crippen LogP contribution is 2.14. The van der Waals surface area contributed by atoms with Crippen LogP contribution in [0.25, 0.3) is 0 Å². The van der Waals surface area contributed by atoms with Crippen molar-refractivity contribution >= 4 is 5.91 Å². The molecule has 1 aliphatic heterocycles. The van der Waals surface area contributed by atoms with E-state index in [0.29, 0.717) is 17.9 Å². The Bertz CT molecular complexity index is 402. The summed E-state index contributed by atoms with van der Waals surface area (Å²) >= 11 is 0. The van der Waals surface area contributed by atoms with Gasteiger partial charge in [-0.15, -0.1) is 0 Å². The summed E-state index contributed by atoms with van der Waals surface area (Å²) in [5.74, 6) is 0.333. The largest absolute Gasteiger partial charge is 0.497 e. The molecular formula is C13H17NO4. The summed E-state index contributed by atoms with van der Waals surface area (Å²) in [6, 6.07) is 6.89. The van der Waals surface area contributed by atoms with Gasteiger partial charge < -0.3 is 9.47 Å². The molecule has 18 heavy (non-hydrogen) atoms. The third-order valence-corrected chi connectivity index (χ3v) is 2.75. The maximum absolute atomic E-state index is 11.8. The first-order valence-corrected chi connectivity index (χ1v) is 6.01. The summed E-state index contributed by atoms with van der Waals surface area (Å²) in [4.78, 5) is 17.0. The molecule has 0 aromatic heterocycles. The first-order valence-electron chi connectivity index (χ1n) is 6.01. The van der Waals surface area contributed by atoms with Crippen LogP contribution in [0.1, 0.15) is 29.6 Å². The van der Waals surface area contributed by atoms with E-state index in [4.69, 9.17) is 14.3 Å². The van der Waals surface area contributed by atoms with Gasteiger partial charge in [0.05, 0.1) is 7.11 Å². The van der Waals surface area contributed by atoms with Crippen LogP contribution in [0, 0.1) is 0 Å². The zero-order chi connectivity index (χ0) is 12.8. The monoisotopic (exact) mass is 251 g/mol. The SMILES string of the molecule is COc1cccc(C(=O)NO[C@@H]2CCCCO2)c1. The highest BCUT2D eigenvalue weighted by atomic mass is 16.8. The molecule has 0 unspecified atom stereocenters. The van der Waals surface area contributed by atoms with Crippen molar-refractivity contribution in [2.75, 3.05) is 13.7 Å². The summed E-state index contributed by atoms with van der Waals surface area (Å²) in [6.07, 6.45) is 2.57. The maximum Gasteiger partial charge on any atom is 0.275 e. The van der Waals surface area contributed by atoms with Gasteiger partial charge in [0.2, 0.25) is 0 Å². The van der Waals surface area contributed by atoms with E-state index in [9.17, 15) is 4.79 Å². The lowest BCUT2D eigenvalue weighted by molar-refractivity contribution is -0.186. The Balaban J connectivity index is 1.86. The van der Waals surface area contributed by atoms with Gasteiger partial charge in [-0.2, -0.15) is 0 Å². The molecule has 1 heterocycles. The third-order valence-electron chi connectivity index (χ3n) is 2.75. The van der Waals surface area contributed by atoms with E-state index in [2.05, 4.69) is 5.48 Å². The van der Waals surface area contributed by atoms with E-state index in [1.165, 1.54) is 0 Å². The van der Waals surface area contributed by atoms with Crippen molar-refractivity contribution in [3.63, 3.8) is 0 Å². The molecule has 0 aliphatic carbocycles. The molecule has 1 aliphatic rings. The van der Waals surface area contributed by atoms with E-state index in [1.54, 1.807) is 31.4 Å². The standard InChI is InChI=1S/C13H17NO4/c1-16-11-6-4-5-10(9-11)13(15)14-18-12-7-2-3-8-17-12/h4-6,9,12H,2-3,7-8H2,1H3,(H,14,15)/t12-/m1/s1. The second kappa shape index (κ2) is 6.37. The lowest BCUT2D eigenvalue weighted by atomic mass is 10.2. The number of amides is 1. The van der Waals surface area contributed by atoms with Gasteiger partial charge in [-0.25, -0.2) is 10.3 Å². The average molecular weight is 251 g/mol. The molecular weight excluding hydrogens is 234 g/mol. The summed E-state index contributed by atoms with van der Waals surface area (Å²) in [7, 11) is 1.56. The number of hydrogen-bond donors (Lipinski definition) is 1. The van der Waals surface area contributed by atoms with Crippen LogP contribution in [0.3, 0.4) is 0 Å². The zero-order valence-electron chi connectivity index (χ0n) is 10.3. The summed E-state index contributed by atoms with van der Waals surface area (Å²) < 4.78 is 10.4. The Morgan fingerprint density at radius 1 is 1.44 bits per heavy atom. The molecule has 1 amide bonds. The van der Waals surface area contributed by atoms with Crippen molar-refractivity contribution in [2.24, 2.45) is 0 Å². The maximum atomic E-state index is 11.8. The predicted molar refractivity (Wildman–Crippen MR) is 65.1 cm³/mol. The van der Waals surface area contributed by atoms with E-state index < -0.39 is 0 Å². The first-order chi connectivity index (χ1) is 8.79. The Labute approximate surface area is 106 Å². The van der Waals surface area contributed by atoms with E-state index in [1.807, 2.05) is 0 Å². The lowest BCUT2D eigenvalue weighted by Crippen LogP contribution is -2.33. The number of ether oxygens (including phenoxy) is 2. The summed E-state index contributed by atoms with van der Waals surface area (Å²) in [5.41, 5.74) is 2.89. The van der Waals surface area contributed by atoms with Gasteiger partial charge in [0.1, 0.15) is 5.75 Å². The number of hydrogen-bond acceptors (Lipinski definition) is 4. The number of methoxy groups -OCH3 is 1. The van der Waals surface area contributed by atoms with Crippen molar-refractivity contribution in [3.05, 3.63) is 29.8 Å². The summed E-state index contributed by atoms with van der Waals surface area (Å²) in [6.45, 7) is 0.680. The summed E-state index contributed by atoms with van der Waals surface area (Å²) in [5, 5.41) is 0. The van der Waals surface area contributed by atoms with E-state index in [0.717, 1.165) is 19.3 Å². The van der Waals surface area contributed by atoms with Crippen molar-refractivity contribution < 1.29 is 19.1 Å². The number of carbonyl (C=O) groups excluding carboxylic acids is 1. The minimum atomic E-state index is -0.340. The quantitative estimate of drug-likeness (QED) is 0.830. The first kappa shape index (κ1) is 12.9. The Hall–Kier alpha value is -1.59. The van der Waals surface area contributed by atoms with Crippen LogP contribution in [-0.2, 0) is 9.57 Å². The Morgan fingerprint density at radius 3 is 3.06 bits per heavy atom. The zero-order valence-corrected chi connectivity index (χ0v) is 10.3. The molecule has 0 saturated carbocycles. The lowest BCUT2D eigenvalue weighted by Gasteiger charge is -2.22. The van der Waals surface area contributed by atoms with Crippen LogP contribution in [0.15, 0.2) is 24.3 Å². The molecule has 5 nitrogen and oxygen atoms in total.